The van der Waals surface area contributed by atoms with Gasteiger partial charge < -0.3 is 5.32 Å². The van der Waals surface area contributed by atoms with Crippen LogP contribution in [0.5, 0.6) is 0 Å². The molecule has 2 fully saturated rings. The minimum atomic E-state index is -4.25. The molecule has 0 radical (unpaired) electrons. The highest BCUT2D eigenvalue weighted by molar-refractivity contribution is 7.80. The third-order valence-corrected chi connectivity index (χ3v) is 6.51. The first-order valence-corrected chi connectivity index (χ1v) is 11.3. The summed E-state index contributed by atoms with van der Waals surface area (Å²) in [7, 11) is 0. The number of nitrogens with one attached hydrogen (secondary N) is 2. The van der Waals surface area contributed by atoms with Crippen LogP contribution >= 0.6 is 12.2 Å². The monoisotopic (exact) mass is 459 g/mol. The van der Waals surface area contributed by atoms with Crippen molar-refractivity contribution < 1.29 is 22.4 Å². The molecule has 1 aromatic rings. The van der Waals surface area contributed by atoms with Crippen LogP contribution in [0.3, 0.4) is 0 Å². The van der Waals surface area contributed by atoms with E-state index in [1.807, 2.05) is 0 Å². The molecule has 0 bridgehead atoms. The highest BCUT2D eigenvalue weighted by Gasteiger charge is 2.46. The maximum absolute atomic E-state index is 13.4. The van der Waals surface area contributed by atoms with Crippen molar-refractivity contribution in [3.05, 3.63) is 35.6 Å². The number of alkyl halides is 3. The molecule has 1 aromatic carbocycles. The molecule has 1 saturated carbocycles. The maximum atomic E-state index is 13.4. The molecule has 0 spiro atoms. The third-order valence-electron chi connectivity index (χ3n) is 6.29. The van der Waals surface area contributed by atoms with E-state index in [-0.39, 0.29) is 29.6 Å². The van der Waals surface area contributed by atoms with E-state index in [0.29, 0.717) is 6.42 Å². The maximum Gasteiger partial charge on any atom is 0.391 e. The van der Waals surface area contributed by atoms with Gasteiger partial charge in [-0.3, -0.25) is 15.0 Å². The lowest BCUT2D eigenvalue weighted by atomic mass is 9.80. The van der Waals surface area contributed by atoms with Crippen LogP contribution in [0, 0.1) is 11.7 Å². The molecule has 1 aliphatic heterocycles. The largest absolute Gasteiger partial charge is 0.391 e. The van der Waals surface area contributed by atoms with Crippen molar-refractivity contribution in [2.45, 2.75) is 69.6 Å². The fourth-order valence-corrected chi connectivity index (χ4v) is 4.87. The predicted molar refractivity (Wildman–Crippen MR) is 115 cm³/mol. The topological polar surface area (TPSA) is 44.4 Å². The molecule has 3 rings (SSSR count). The Morgan fingerprint density at radius 3 is 2.23 bits per heavy atom. The first-order chi connectivity index (χ1) is 14.7. The van der Waals surface area contributed by atoms with Crippen molar-refractivity contribution in [2.75, 3.05) is 13.1 Å². The number of halogens is 4. The Hall–Kier alpha value is -1.74. The summed E-state index contributed by atoms with van der Waals surface area (Å²) in [6.07, 6.45) is 1.79. The minimum Gasteiger partial charge on any atom is -0.358 e. The zero-order valence-corrected chi connectivity index (χ0v) is 18.2. The summed E-state index contributed by atoms with van der Waals surface area (Å²) < 4.78 is 53.4. The molecule has 9 heteroatoms. The van der Waals surface area contributed by atoms with Crippen LogP contribution in [0.25, 0.3) is 0 Å². The number of nitrogens with zero attached hydrogens (tertiary/aromatic N) is 1. The van der Waals surface area contributed by atoms with E-state index >= 15 is 0 Å². The van der Waals surface area contributed by atoms with E-state index in [9.17, 15) is 22.4 Å². The summed E-state index contributed by atoms with van der Waals surface area (Å²) in [5.41, 5.74) is 0.225. The normalized spacial score (nSPS) is 25.9. The molecule has 1 amide bonds. The number of likely N-dealkylation sites (tertiary alicyclic amines) is 1. The van der Waals surface area contributed by atoms with Gasteiger partial charge in [0, 0.05) is 17.6 Å². The molecule has 172 valence electrons. The van der Waals surface area contributed by atoms with Gasteiger partial charge in [0.1, 0.15) is 5.82 Å². The van der Waals surface area contributed by atoms with Crippen LogP contribution in [0.1, 0.15) is 61.7 Å². The van der Waals surface area contributed by atoms with E-state index in [0.717, 1.165) is 38.8 Å². The van der Waals surface area contributed by atoms with Crippen LogP contribution in [0.2, 0.25) is 0 Å². The molecule has 1 heterocycles. The summed E-state index contributed by atoms with van der Waals surface area (Å²) in [4.78, 5) is 14.6. The second kappa shape index (κ2) is 10.7. The molecule has 1 saturated heterocycles. The van der Waals surface area contributed by atoms with Gasteiger partial charge in [-0.2, -0.15) is 13.2 Å². The summed E-state index contributed by atoms with van der Waals surface area (Å²) in [5, 5.41) is 5.52. The van der Waals surface area contributed by atoms with Crippen LogP contribution in [-0.2, 0) is 0 Å². The second-order valence-corrected chi connectivity index (χ2v) is 8.87. The molecule has 4 nitrogen and oxygen atoms in total. The van der Waals surface area contributed by atoms with E-state index in [1.165, 1.54) is 30.7 Å². The standard InChI is InChI=1S/C22H29F4N3OS/c23-17-9-6-15(7-10-17)20(30)28-21(31)27-18-14-16(22(24,25)26)8-11-19(18)29-12-4-2-1-3-5-13-29/h6-7,9-10,16,18-19H,1-5,8,11-14H2,(H2,27,28,30,31)/t16?,18?,19-/m0/s1. The second-order valence-electron chi connectivity index (χ2n) is 8.46. The molecule has 1 aliphatic carbocycles. The lowest BCUT2D eigenvalue weighted by molar-refractivity contribution is -0.186. The molecule has 2 unspecified atom stereocenters. The van der Waals surface area contributed by atoms with E-state index in [1.54, 1.807) is 0 Å². The van der Waals surface area contributed by atoms with Crippen LogP contribution < -0.4 is 10.6 Å². The SMILES string of the molecule is O=C(NC(=S)NC1CC(C(F)(F)F)CC[C@@H]1N1CCCCCCC1)c1ccc(F)cc1. The van der Waals surface area contributed by atoms with Crippen LogP contribution in [0.15, 0.2) is 24.3 Å². The minimum absolute atomic E-state index is 0.000747. The highest BCUT2D eigenvalue weighted by atomic mass is 32.1. The first-order valence-electron chi connectivity index (χ1n) is 10.9. The van der Waals surface area contributed by atoms with Gasteiger partial charge in [-0.15, -0.1) is 0 Å². The quantitative estimate of drug-likeness (QED) is 0.504. The van der Waals surface area contributed by atoms with Crippen molar-refractivity contribution in [1.82, 2.24) is 15.5 Å². The van der Waals surface area contributed by atoms with Crippen molar-refractivity contribution >= 4 is 23.2 Å². The zero-order chi connectivity index (χ0) is 22.4. The smallest absolute Gasteiger partial charge is 0.358 e. The Kier molecular flexibility index (Phi) is 8.27. The lowest BCUT2D eigenvalue weighted by Crippen LogP contribution is -2.58. The number of carbonyl (C=O) groups excluding carboxylic acids is 1. The fraction of sp³-hybridized carbons (Fsp3) is 0.636. The summed E-state index contributed by atoms with van der Waals surface area (Å²) in [6, 6.07) is 4.43. The molecule has 2 N–H and O–H groups in total. The molecular weight excluding hydrogens is 430 g/mol. The number of amides is 1. The third kappa shape index (κ3) is 6.87. The van der Waals surface area contributed by atoms with Gasteiger partial charge in [0.15, 0.2) is 5.11 Å². The number of thiocarbonyl (C=S) groups is 1. The van der Waals surface area contributed by atoms with E-state index in [2.05, 4.69) is 15.5 Å². The molecule has 31 heavy (non-hydrogen) atoms. The number of carbonyl (C=O) groups is 1. The van der Waals surface area contributed by atoms with Gasteiger partial charge in [0.2, 0.25) is 0 Å². The molecule has 2 aliphatic rings. The molecule has 0 aromatic heterocycles. The summed E-state index contributed by atoms with van der Waals surface area (Å²) in [5.74, 6) is -2.37. The predicted octanol–water partition coefficient (Wildman–Crippen LogP) is 4.80. The van der Waals surface area contributed by atoms with Gasteiger partial charge in [0.25, 0.3) is 5.91 Å². The van der Waals surface area contributed by atoms with Crippen molar-refractivity contribution in [2.24, 2.45) is 5.92 Å². The Balaban J connectivity index is 1.68. The molecular formula is C22H29F4N3OS. The number of benzene rings is 1. The van der Waals surface area contributed by atoms with Crippen molar-refractivity contribution in [3.63, 3.8) is 0 Å². The highest BCUT2D eigenvalue weighted by Crippen LogP contribution is 2.39. The van der Waals surface area contributed by atoms with E-state index in [4.69, 9.17) is 12.2 Å². The van der Waals surface area contributed by atoms with Crippen LogP contribution in [-0.4, -0.2) is 47.3 Å². The lowest BCUT2D eigenvalue weighted by Gasteiger charge is -2.44. The van der Waals surface area contributed by atoms with E-state index < -0.39 is 29.9 Å². The molecule has 3 atom stereocenters. The summed E-state index contributed by atoms with van der Waals surface area (Å²) >= 11 is 5.25. The Labute approximate surface area is 185 Å². The Morgan fingerprint density at radius 2 is 1.61 bits per heavy atom. The van der Waals surface area contributed by atoms with Gasteiger partial charge in [-0.25, -0.2) is 4.39 Å². The average molecular weight is 460 g/mol. The summed E-state index contributed by atoms with van der Waals surface area (Å²) in [6.45, 7) is 1.74. The van der Waals surface area contributed by atoms with Crippen LogP contribution in [0.4, 0.5) is 17.6 Å². The fourth-order valence-electron chi connectivity index (χ4n) is 4.63. The Bertz CT molecular complexity index is 748. The number of hydrogen-bond donors (Lipinski definition) is 2. The zero-order valence-electron chi connectivity index (χ0n) is 17.4. The van der Waals surface area contributed by atoms with Crippen molar-refractivity contribution in [1.29, 1.82) is 0 Å². The van der Waals surface area contributed by atoms with Gasteiger partial charge in [0.05, 0.1) is 5.92 Å². The van der Waals surface area contributed by atoms with Crippen molar-refractivity contribution in [3.8, 4) is 0 Å². The van der Waals surface area contributed by atoms with Gasteiger partial charge in [-0.05, 0) is 81.7 Å². The number of hydrogen-bond acceptors (Lipinski definition) is 3. The average Bonchev–Trinajstić information content (AvgIpc) is 2.68. The first kappa shape index (κ1) is 23.9. The number of rotatable bonds is 3. The van der Waals surface area contributed by atoms with Gasteiger partial charge >= 0.3 is 6.18 Å². The Morgan fingerprint density at radius 1 is 1.00 bits per heavy atom. The van der Waals surface area contributed by atoms with Gasteiger partial charge in [-0.1, -0.05) is 19.3 Å².